The molecule has 0 amide bonds. The van der Waals surface area contributed by atoms with Crippen LogP contribution in [0.3, 0.4) is 0 Å². The summed E-state index contributed by atoms with van der Waals surface area (Å²) in [6.07, 6.45) is -2.78. The van der Waals surface area contributed by atoms with Gasteiger partial charge in [-0.15, -0.1) is 0 Å². The fraction of sp³-hybridized carbons (Fsp3) is 0.333. The Hall–Kier alpha value is -1.41. The number of methoxy groups -OCH3 is 1. The van der Waals surface area contributed by atoms with Crippen LogP contribution in [0.5, 0.6) is 5.88 Å². The number of nitriles is 1. The summed E-state index contributed by atoms with van der Waals surface area (Å²) in [4.78, 5) is 3.81. The van der Waals surface area contributed by atoms with E-state index in [-0.39, 0.29) is 28.6 Å². The van der Waals surface area contributed by atoms with E-state index in [9.17, 15) is 8.78 Å². The number of rotatable bonds is 3. The first-order valence-electron chi connectivity index (χ1n) is 3.98. The van der Waals surface area contributed by atoms with Crippen LogP contribution in [0.1, 0.15) is 17.7 Å². The second-order valence-electron chi connectivity index (χ2n) is 2.66. The highest BCUT2D eigenvalue weighted by atomic mass is 35.5. The minimum atomic E-state index is -2.72. The first-order valence-corrected chi connectivity index (χ1v) is 4.36. The minimum absolute atomic E-state index is 0.0623. The molecule has 0 aromatic carbocycles. The summed E-state index contributed by atoms with van der Waals surface area (Å²) in [7, 11) is 1.28. The van der Waals surface area contributed by atoms with Crippen LogP contribution in [-0.2, 0) is 6.42 Å². The van der Waals surface area contributed by atoms with E-state index < -0.39 is 6.43 Å². The number of alkyl halides is 2. The van der Waals surface area contributed by atoms with Crippen molar-refractivity contribution in [1.29, 1.82) is 5.26 Å². The SMILES string of the molecule is COc1nc(CC#N)cc(C(F)F)c1Cl. The van der Waals surface area contributed by atoms with Gasteiger partial charge in [-0.3, -0.25) is 0 Å². The molecule has 3 nitrogen and oxygen atoms in total. The van der Waals surface area contributed by atoms with Crippen LogP contribution in [0, 0.1) is 11.3 Å². The van der Waals surface area contributed by atoms with Crippen LogP contribution in [-0.4, -0.2) is 12.1 Å². The lowest BCUT2D eigenvalue weighted by molar-refractivity contribution is 0.151. The van der Waals surface area contributed by atoms with Gasteiger partial charge in [0.1, 0.15) is 5.02 Å². The molecule has 6 heteroatoms. The molecule has 0 aliphatic rings. The van der Waals surface area contributed by atoms with Crippen molar-refractivity contribution in [2.24, 2.45) is 0 Å². The lowest BCUT2D eigenvalue weighted by Crippen LogP contribution is -1.99. The molecule has 0 bridgehead atoms. The number of pyridine rings is 1. The molecule has 1 aromatic heterocycles. The lowest BCUT2D eigenvalue weighted by atomic mass is 10.2. The summed E-state index contributed by atoms with van der Waals surface area (Å²) in [5, 5.41) is 8.22. The second-order valence-corrected chi connectivity index (χ2v) is 3.04. The molecule has 0 fully saturated rings. The van der Waals surface area contributed by atoms with Gasteiger partial charge in [-0.05, 0) is 6.07 Å². The van der Waals surface area contributed by atoms with Gasteiger partial charge in [-0.1, -0.05) is 11.6 Å². The zero-order chi connectivity index (χ0) is 11.4. The van der Waals surface area contributed by atoms with Crippen molar-refractivity contribution in [1.82, 2.24) is 4.98 Å². The van der Waals surface area contributed by atoms with Crippen molar-refractivity contribution in [2.45, 2.75) is 12.8 Å². The van der Waals surface area contributed by atoms with E-state index in [1.807, 2.05) is 6.07 Å². The Morgan fingerprint density at radius 3 is 2.80 bits per heavy atom. The monoisotopic (exact) mass is 232 g/mol. The number of halogens is 3. The first kappa shape index (κ1) is 11.7. The third-order valence-corrected chi connectivity index (χ3v) is 2.08. The van der Waals surface area contributed by atoms with E-state index in [1.54, 1.807) is 0 Å². The molecule has 0 radical (unpaired) electrons. The standard InChI is InChI=1S/C9H7ClF2N2O/c1-15-9-7(10)6(8(11)12)4-5(14-9)2-3-13/h4,8H,2H2,1H3. The van der Waals surface area contributed by atoms with Crippen LogP contribution >= 0.6 is 11.6 Å². The molecule has 1 rings (SSSR count). The highest BCUT2D eigenvalue weighted by Crippen LogP contribution is 2.33. The molecule has 0 spiro atoms. The molecule has 15 heavy (non-hydrogen) atoms. The van der Waals surface area contributed by atoms with Gasteiger partial charge in [-0.25, -0.2) is 13.8 Å². The quantitative estimate of drug-likeness (QED) is 0.805. The van der Waals surface area contributed by atoms with Gasteiger partial charge in [0.25, 0.3) is 6.43 Å². The third kappa shape index (κ3) is 2.54. The number of ether oxygens (including phenoxy) is 1. The fourth-order valence-electron chi connectivity index (χ4n) is 1.04. The zero-order valence-electron chi connectivity index (χ0n) is 7.80. The molecule has 0 aliphatic heterocycles. The van der Waals surface area contributed by atoms with Gasteiger partial charge in [0.15, 0.2) is 0 Å². The smallest absolute Gasteiger partial charge is 0.265 e. The Bertz CT molecular complexity index is 404. The minimum Gasteiger partial charge on any atom is -0.480 e. The van der Waals surface area contributed by atoms with Gasteiger partial charge in [0.05, 0.1) is 25.3 Å². The second kappa shape index (κ2) is 4.89. The van der Waals surface area contributed by atoms with Crippen molar-refractivity contribution < 1.29 is 13.5 Å². The number of aromatic nitrogens is 1. The molecule has 1 aromatic rings. The maximum Gasteiger partial charge on any atom is 0.265 e. The zero-order valence-corrected chi connectivity index (χ0v) is 8.55. The predicted octanol–water partition coefficient (Wildman–Crippen LogP) is 2.75. The average molecular weight is 233 g/mol. The first-order chi connectivity index (χ1) is 7.10. The molecule has 80 valence electrons. The summed E-state index contributed by atoms with van der Waals surface area (Å²) < 4.78 is 29.8. The van der Waals surface area contributed by atoms with Crippen LogP contribution in [0.15, 0.2) is 6.07 Å². The summed E-state index contributed by atoms with van der Waals surface area (Å²) >= 11 is 5.63. The normalized spacial score (nSPS) is 10.1. The topological polar surface area (TPSA) is 45.9 Å². The molecule has 0 saturated carbocycles. The fourth-order valence-corrected chi connectivity index (χ4v) is 1.30. The molecule has 0 saturated heterocycles. The van der Waals surface area contributed by atoms with Crippen molar-refractivity contribution in [3.8, 4) is 11.9 Å². The van der Waals surface area contributed by atoms with Crippen LogP contribution < -0.4 is 4.74 Å². The predicted molar refractivity (Wildman–Crippen MR) is 50.1 cm³/mol. The van der Waals surface area contributed by atoms with E-state index in [2.05, 4.69) is 4.98 Å². The van der Waals surface area contributed by atoms with Gasteiger partial charge >= 0.3 is 0 Å². The van der Waals surface area contributed by atoms with Gasteiger partial charge < -0.3 is 4.74 Å². The van der Waals surface area contributed by atoms with Crippen molar-refractivity contribution in [3.63, 3.8) is 0 Å². The van der Waals surface area contributed by atoms with E-state index in [1.165, 1.54) is 7.11 Å². The van der Waals surface area contributed by atoms with Gasteiger partial charge in [0, 0.05) is 5.56 Å². The molecule has 0 N–H and O–H groups in total. The highest BCUT2D eigenvalue weighted by Gasteiger charge is 2.18. The number of hydrogen-bond acceptors (Lipinski definition) is 3. The summed E-state index contributed by atoms with van der Waals surface area (Å²) in [5.74, 6) is -0.0836. The lowest BCUT2D eigenvalue weighted by Gasteiger charge is -2.08. The van der Waals surface area contributed by atoms with E-state index in [0.29, 0.717) is 0 Å². The van der Waals surface area contributed by atoms with E-state index in [0.717, 1.165) is 6.07 Å². The van der Waals surface area contributed by atoms with Gasteiger partial charge in [0.2, 0.25) is 5.88 Å². The van der Waals surface area contributed by atoms with E-state index >= 15 is 0 Å². The molecule has 0 aliphatic carbocycles. The van der Waals surface area contributed by atoms with Crippen LogP contribution in [0.4, 0.5) is 8.78 Å². The number of nitrogens with zero attached hydrogens (tertiary/aromatic N) is 2. The Morgan fingerprint density at radius 2 is 2.33 bits per heavy atom. The molecular weight excluding hydrogens is 226 g/mol. The molecule has 0 atom stereocenters. The molecular formula is C9H7ClF2N2O. The van der Waals surface area contributed by atoms with Gasteiger partial charge in [-0.2, -0.15) is 5.26 Å². The highest BCUT2D eigenvalue weighted by molar-refractivity contribution is 6.32. The Balaban J connectivity index is 3.26. The molecule has 1 heterocycles. The Morgan fingerprint density at radius 1 is 1.67 bits per heavy atom. The summed E-state index contributed by atoms with van der Waals surface area (Å²) in [5.41, 5.74) is -0.150. The van der Waals surface area contributed by atoms with Crippen molar-refractivity contribution in [2.75, 3.05) is 7.11 Å². The Kier molecular flexibility index (Phi) is 3.81. The number of hydrogen-bond donors (Lipinski definition) is 0. The summed E-state index contributed by atoms with van der Waals surface area (Å²) in [6, 6.07) is 2.92. The van der Waals surface area contributed by atoms with E-state index in [4.69, 9.17) is 21.6 Å². The Labute approximate surface area is 90.3 Å². The van der Waals surface area contributed by atoms with Crippen LogP contribution in [0.2, 0.25) is 5.02 Å². The van der Waals surface area contributed by atoms with Crippen molar-refractivity contribution in [3.05, 3.63) is 22.3 Å². The average Bonchev–Trinajstić information content (AvgIpc) is 2.20. The maximum absolute atomic E-state index is 12.5. The van der Waals surface area contributed by atoms with Crippen LogP contribution in [0.25, 0.3) is 0 Å². The third-order valence-electron chi connectivity index (χ3n) is 1.70. The van der Waals surface area contributed by atoms with Crippen molar-refractivity contribution >= 4 is 11.6 Å². The molecule has 0 unspecified atom stereocenters. The largest absolute Gasteiger partial charge is 0.480 e. The maximum atomic E-state index is 12.5. The summed E-state index contributed by atoms with van der Waals surface area (Å²) in [6.45, 7) is 0.